The number of aryl methyl sites for hydroxylation is 1. The van der Waals surface area contributed by atoms with Gasteiger partial charge in [-0.25, -0.2) is 0 Å². The molecule has 1 rings (SSSR count). The van der Waals surface area contributed by atoms with Crippen molar-refractivity contribution in [3.63, 3.8) is 0 Å². The summed E-state index contributed by atoms with van der Waals surface area (Å²) in [5.41, 5.74) is 2.34. The van der Waals surface area contributed by atoms with Gasteiger partial charge < -0.3 is 5.11 Å². The first-order valence-corrected chi connectivity index (χ1v) is 5.72. The Kier molecular flexibility index (Phi) is 3.43. The average Bonchev–Trinajstić information content (AvgIpc) is 2.20. The molecule has 0 fully saturated rings. The van der Waals surface area contributed by atoms with Crippen molar-refractivity contribution < 1.29 is 5.11 Å². The van der Waals surface area contributed by atoms with Crippen LogP contribution in [0.3, 0.4) is 0 Å². The predicted octanol–water partition coefficient (Wildman–Crippen LogP) is 4.02. The second-order valence-corrected chi connectivity index (χ2v) is 4.93. The minimum Gasteiger partial charge on any atom is -0.508 e. The lowest BCUT2D eigenvalue weighted by atomic mass is 9.71. The van der Waals surface area contributed by atoms with Crippen molar-refractivity contribution in [3.05, 3.63) is 29.3 Å². The summed E-state index contributed by atoms with van der Waals surface area (Å²) in [4.78, 5) is 0. The molecule has 15 heavy (non-hydrogen) atoms. The van der Waals surface area contributed by atoms with Crippen LogP contribution in [0.2, 0.25) is 0 Å². The third-order valence-electron chi connectivity index (χ3n) is 3.88. The number of hydrogen-bond acceptors (Lipinski definition) is 1. The van der Waals surface area contributed by atoms with Crippen molar-refractivity contribution in [1.29, 1.82) is 0 Å². The molecular formula is C14H22O. The molecule has 0 aliphatic carbocycles. The number of hydrogen-bond donors (Lipinski definition) is 1. The quantitative estimate of drug-likeness (QED) is 0.791. The van der Waals surface area contributed by atoms with Gasteiger partial charge in [0.15, 0.2) is 0 Å². The summed E-state index contributed by atoms with van der Waals surface area (Å²) in [6.07, 6.45) is 1.09. The Labute approximate surface area is 93.1 Å². The predicted molar refractivity (Wildman–Crippen MR) is 65.3 cm³/mol. The fraction of sp³-hybridized carbons (Fsp3) is 0.571. The van der Waals surface area contributed by atoms with Crippen molar-refractivity contribution in [3.8, 4) is 5.75 Å². The zero-order valence-corrected chi connectivity index (χ0v) is 10.5. The molecule has 1 N–H and O–H groups in total. The summed E-state index contributed by atoms with van der Waals surface area (Å²) >= 11 is 0. The van der Waals surface area contributed by atoms with Crippen LogP contribution in [-0.4, -0.2) is 5.11 Å². The van der Waals surface area contributed by atoms with Crippen molar-refractivity contribution in [2.24, 2.45) is 5.92 Å². The second-order valence-electron chi connectivity index (χ2n) is 4.93. The Bertz CT molecular complexity index is 341. The first-order chi connectivity index (χ1) is 6.91. The highest BCUT2D eigenvalue weighted by atomic mass is 16.3. The second kappa shape index (κ2) is 4.26. The number of phenolic OH excluding ortho intramolecular Hbond substituents is 1. The molecule has 84 valence electrons. The third kappa shape index (κ3) is 2.17. The Hall–Kier alpha value is -0.980. The Morgan fingerprint density at radius 2 is 1.93 bits per heavy atom. The molecule has 0 amide bonds. The first kappa shape index (κ1) is 12.1. The summed E-state index contributed by atoms with van der Waals surface area (Å²) in [6, 6.07) is 6.05. The zero-order valence-electron chi connectivity index (χ0n) is 10.5. The molecule has 0 aliphatic rings. The Morgan fingerprint density at radius 3 is 2.33 bits per heavy atom. The van der Waals surface area contributed by atoms with Gasteiger partial charge in [-0.05, 0) is 41.9 Å². The van der Waals surface area contributed by atoms with Gasteiger partial charge in [0.1, 0.15) is 5.75 Å². The lowest BCUT2D eigenvalue weighted by molar-refractivity contribution is 0.324. The van der Waals surface area contributed by atoms with Crippen molar-refractivity contribution in [2.45, 2.75) is 46.5 Å². The molecule has 0 spiro atoms. The summed E-state index contributed by atoms with van der Waals surface area (Å²) in [5.74, 6) is 0.984. The highest BCUT2D eigenvalue weighted by Crippen LogP contribution is 2.37. The van der Waals surface area contributed by atoms with Crippen molar-refractivity contribution in [1.82, 2.24) is 0 Å². The molecule has 0 aromatic heterocycles. The van der Waals surface area contributed by atoms with Gasteiger partial charge in [-0.2, -0.15) is 0 Å². The molecule has 0 bridgehead atoms. The molecule has 1 heteroatoms. The van der Waals surface area contributed by atoms with E-state index in [9.17, 15) is 5.11 Å². The van der Waals surface area contributed by atoms with Crippen LogP contribution >= 0.6 is 0 Å². The maximum Gasteiger partial charge on any atom is 0.118 e. The van der Waals surface area contributed by atoms with Gasteiger partial charge in [-0.3, -0.25) is 0 Å². The lowest BCUT2D eigenvalue weighted by Crippen LogP contribution is -2.27. The van der Waals surface area contributed by atoms with E-state index in [4.69, 9.17) is 0 Å². The summed E-state index contributed by atoms with van der Waals surface area (Å²) in [7, 11) is 0. The van der Waals surface area contributed by atoms with Gasteiger partial charge in [0, 0.05) is 0 Å². The summed E-state index contributed by atoms with van der Waals surface area (Å²) in [6.45, 7) is 10.9. The molecule has 1 aromatic carbocycles. The summed E-state index contributed by atoms with van der Waals surface area (Å²) in [5, 5.41) is 9.74. The van der Waals surface area contributed by atoms with Crippen molar-refractivity contribution >= 4 is 0 Å². The monoisotopic (exact) mass is 206 g/mol. The van der Waals surface area contributed by atoms with Crippen molar-refractivity contribution in [2.75, 3.05) is 0 Å². The van der Waals surface area contributed by atoms with Crippen LogP contribution in [0.1, 0.15) is 45.2 Å². The van der Waals surface area contributed by atoms with Gasteiger partial charge in [-0.1, -0.05) is 39.8 Å². The lowest BCUT2D eigenvalue weighted by Gasteiger charge is -2.33. The van der Waals surface area contributed by atoms with Gasteiger partial charge >= 0.3 is 0 Å². The van der Waals surface area contributed by atoms with Crippen LogP contribution in [0.5, 0.6) is 5.75 Å². The number of rotatable bonds is 3. The normalized spacial score (nSPS) is 15.3. The summed E-state index contributed by atoms with van der Waals surface area (Å²) < 4.78 is 0. The van der Waals surface area contributed by atoms with E-state index in [-0.39, 0.29) is 5.41 Å². The molecular weight excluding hydrogens is 184 g/mol. The zero-order chi connectivity index (χ0) is 11.6. The van der Waals surface area contributed by atoms with Gasteiger partial charge in [0.25, 0.3) is 0 Å². The molecule has 1 nitrogen and oxygen atoms in total. The molecule has 0 heterocycles. The highest BCUT2D eigenvalue weighted by Gasteiger charge is 2.28. The molecule has 1 atom stereocenters. The van der Waals surface area contributed by atoms with Crippen LogP contribution in [0, 0.1) is 12.8 Å². The third-order valence-corrected chi connectivity index (χ3v) is 3.88. The minimum atomic E-state index is 0.158. The van der Waals surface area contributed by atoms with Gasteiger partial charge in [0.05, 0.1) is 0 Å². The molecule has 1 aromatic rings. The topological polar surface area (TPSA) is 20.2 Å². The molecule has 0 aliphatic heterocycles. The number of benzene rings is 1. The minimum absolute atomic E-state index is 0.158. The largest absolute Gasteiger partial charge is 0.508 e. The van der Waals surface area contributed by atoms with Gasteiger partial charge in [0.2, 0.25) is 0 Å². The average molecular weight is 206 g/mol. The Balaban J connectivity index is 3.19. The smallest absolute Gasteiger partial charge is 0.118 e. The van der Waals surface area contributed by atoms with E-state index >= 15 is 0 Å². The molecule has 0 saturated heterocycles. The fourth-order valence-electron chi connectivity index (χ4n) is 1.91. The molecule has 0 radical (unpaired) electrons. The first-order valence-electron chi connectivity index (χ1n) is 5.72. The van der Waals surface area contributed by atoms with Crippen LogP contribution in [0.4, 0.5) is 0 Å². The van der Waals surface area contributed by atoms with E-state index in [1.165, 1.54) is 5.56 Å². The van der Waals surface area contributed by atoms with E-state index < -0.39 is 0 Å². The van der Waals surface area contributed by atoms with Gasteiger partial charge in [-0.15, -0.1) is 0 Å². The van der Waals surface area contributed by atoms with E-state index in [2.05, 4.69) is 33.8 Å². The maximum atomic E-state index is 9.74. The molecule has 1 unspecified atom stereocenters. The van der Waals surface area contributed by atoms with E-state index in [1.807, 2.05) is 19.1 Å². The highest BCUT2D eigenvalue weighted by molar-refractivity contribution is 5.38. The van der Waals surface area contributed by atoms with E-state index in [1.54, 1.807) is 0 Å². The van der Waals surface area contributed by atoms with Crippen LogP contribution < -0.4 is 0 Å². The number of aromatic hydroxyl groups is 1. The van der Waals surface area contributed by atoms with Crippen LogP contribution in [-0.2, 0) is 5.41 Å². The maximum absolute atomic E-state index is 9.74. The van der Waals surface area contributed by atoms with Crippen LogP contribution in [0.25, 0.3) is 0 Å². The van der Waals surface area contributed by atoms with E-state index in [0.29, 0.717) is 11.7 Å². The molecule has 0 saturated carbocycles. The fourth-order valence-corrected chi connectivity index (χ4v) is 1.91. The standard InChI is InChI=1S/C14H22O/c1-6-14(5,10(2)3)12-8-7-11(4)13(15)9-12/h7-10,15H,6H2,1-5H3. The Morgan fingerprint density at radius 1 is 1.33 bits per heavy atom. The SMILES string of the molecule is CCC(C)(c1ccc(C)c(O)c1)C(C)C. The number of phenols is 1. The van der Waals surface area contributed by atoms with E-state index in [0.717, 1.165) is 12.0 Å². The van der Waals surface area contributed by atoms with Crippen LogP contribution in [0.15, 0.2) is 18.2 Å².